The maximum Gasteiger partial charge on any atom is 0.261 e. The summed E-state index contributed by atoms with van der Waals surface area (Å²) in [6.07, 6.45) is 1.06. The zero-order valence-corrected chi connectivity index (χ0v) is 16.5. The maximum absolute atomic E-state index is 12.6. The Morgan fingerprint density at radius 1 is 0.893 bits per heavy atom. The molecule has 0 aliphatic heterocycles. The Balaban J connectivity index is 1.40. The number of rotatable bonds is 4. The van der Waals surface area contributed by atoms with Gasteiger partial charge in [0, 0.05) is 18.4 Å². The molecular formula is C24H21NO2S. The van der Waals surface area contributed by atoms with Crippen molar-refractivity contribution in [2.75, 3.05) is 6.54 Å². The summed E-state index contributed by atoms with van der Waals surface area (Å²) < 4.78 is 0. The van der Waals surface area contributed by atoms with Crippen LogP contribution >= 0.6 is 11.3 Å². The largest absolute Gasteiger partial charge is 0.351 e. The first-order valence-electron chi connectivity index (χ1n) is 9.70. The first-order chi connectivity index (χ1) is 13.6. The smallest absolute Gasteiger partial charge is 0.261 e. The van der Waals surface area contributed by atoms with Crippen LogP contribution in [-0.2, 0) is 0 Å². The van der Waals surface area contributed by atoms with Crippen molar-refractivity contribution in [2.45, 2.75) is 25.2 Å². The molecule has 1 aromatic heterocycles. The van der Waals surface area contributed by atoms with Crippen molar-refractivity contribution in [3.63, 3.8) is 0 Å². The van der Waals surface area contributed by atoms with Crippen LogP contribution in [0.15, 0.2) is 60.7 Å². The fourth-order valence-electron chi connectivity index (χ4n) is 4.92. The molecule has 4 heteroatoms. The minimum Gasteiger partial charge on any atom is -0.351 e. The predicted molar refractivity (Wildman–Crippen MR) is 111 cm³/mol. The summed E-state index contributed by atoms with van der Waals surface area (Å²) in [7, 11) is 0. The predicted octanol–water partition coefficient (Wildman–Crippen LogP) is 4.98. The molecule has 3 aliphatic rings. The molecule has 2 aromatic carbocycles. The average molecular weight is 388 g/mol. The highest BCUT2D eigenvalue weighted by Gasteiger charge is 2.42. The number of hydrogen-bond acceptors (Lipinski definition) is 3. The van der Waals surface area contributed by atoms with E-state index in [1.165, 1.54) is 40.5 Å². The maximum atomic E-state index is 12.6. The average Bonchev–Trinajstić information content (AvgIpc) is 3.23. The van der Waals surface area contributed by atoms with Crippen LogP contribution < -0.4 is 5.32 Å². The van der Waals surface area contributed by atoms with Crippen molar-refractivity contribution < 1.29 is 9.59 Å². The third kappa shape index (κ3) is 2.71. The third-order valence-corrected chi connectivity index (χ3v) is 7.31. The number of hydrogen-bond donors (Lipinski definition) is 1. The van der Waals surface area contributed by atoms with Crippen molar-refractivity contribution in [3.05, 3.63) is 92.7 Å². The van der Waals surface area contributed by atoms with E-state index in [1.54, 1.807) is 12.1 Å². The van der Waals surface area contributed by atoms with Crippen LogP contribution in [0.4, 0.5) is 0 Å². The van der Waals surface area contributed by atoms with Crippen LogP contribution in [0.3, 0.4) is 0 Å². The second kappa shape index (κ2) is 6.71. The highest BCUT2D eigenvalue weighted by molar-refractivity contribution is 7.15. The summed E-state index contributed by atoms with van der Waals surface area (Å²) >= 11 is 1.27. The lowest BCUT2D eigenvalue weighted by atomic mass is 9.59. The molecule has 28 heavy (non-hydrogen) atoms. The highest BCUT2D eigenvalue weighted by atomic mass is 32.1. The number of Topliss-reactive ketones (excluding diaryl/α,β-unsaturated/α-hetero) is 1. The quantitative estimate of drug-likeness (QED) is 0.642. The Hall–Kier alpha value is -2.72. The van der Waals surface area contributed by atoms with Gasteiger partial charge < -0.3 is 5.32 Å². The standard InChI is InChI=1S/C24H21NO2S/c1-14(26)21-10-11-22(28-21)24(27)25-13-15-12-20-16-6-2-4-8-18(16)23(15)19-9-5-3-7-17(19)20/h2-11,15,20,23H,12-13H2,1H3,(H,25,27)/t15-,20?,23?/m1/s1. The first-order valence-corrected chi connectivity index (χ1v) is 10.5. The Bertz CT molecular complexity index is 1040. The Labute approximate surface area is 168 Å². The van der Waals surface area contributed by atoms with Crippen LogP contribution in [0.25, 0.3) is 0 Å². The van der Waals surface area contributed by atoms with Crippen LogP contribution in [0.2, 0.25) is 0 Å². The summed E-state index contributed by atoms with van der Waals surface area (Å²) in [5.74, 6) is 1.03. The number of nitrogens with one attached hydrogen (secondary N) is 1. The second-order valence-corrected chi connectivity index (χ2v) is 8.80. The van der Waals surface area contributed by atoms with E-state index in [9.17, 15) is 9.59 Å². The molecule has 140 valence electrons. The van der Waals surface area contributed by atoms with Gasteiger partial charge in [-0.1, -0.05) is 48.5 Å². The summed E-state index contributed by atoms with van der Waals surface area (Å²) in [5, 5.41) is 3.13. The van der Waals surface area contributed by atoms with Gasteiger partial charge in [-0.15, -0.1) is 11.3 Å². The molecule has 1 heterocycles. The molecule has 6 rings (SSSR count). The van der Waals surface area contributed by atoms with Crippen LogP contribution in [0.5, 0.6) is 0 Å². The Kier molecular flexibility index (Phi) is 4.17. The molecule has 0 unspecified atom stereocenters. The van der Waals surface area contributed by atoms with Gasteiger partial charge in [-0.2, -0.15) is 0 Å². The minimum absolute atomic E-state index is 0.00172. The number of fused-ring (bicyclic) bond motifs is 1. The highest BCUT2D eigenvalue weighted by Crippen LogP contribution is 2.55. The number of carbonyl (C=O) groups excluding carboxylic acids is 2. The van der Waals surface area contributed by atoms with Gasteiger partial charge >= 0.3 is 0 Å². The van der Waals surface area contributed by atoms with E-state index < -0.39 is 0 Å². The molecule has 1 amide bonds. The fraction of sp³-hybridized carbons (Fsp3) is 0.250. The fourth-order valence-corrected chi connectivity index (χ4v) is 5.74. The van der Waals surface area contributed by atoms with Crippen LogP contribution in [0, 0.1) is 5.92 Å². The van der Waals surface area contributed by atoms with Crippen molar-refractivity contribution in [2.24, 2.45) is 5.92 Å². The van der Waals surface area contributed by atoms with Gasteiger partial charge in [-0.3, -0.25) is 9.59 Å². The molecule has 3 nitrogen and oxygen atoms in total. The van der Waals surface area contributed by atoms with E-state index in [0.717, 1.165) is 6.42 Å². The molecule has 1 N–H and O–H groups in total. The molecule has 1 atom stereocenters. The van der Waals surface area contributed by atoms with Crippen molar-refractivity contribution in [3.8, 4) is 0 Å². The van der Waals surface area contributed by atoms with E-state index in [2.05, 4.69) is 53.8 Å². The van der Waals surface area contributed by atoms with Gasteiger partial charge in [0.1, 0.15) is 0 Å². The molecule has 0 radical (unpaired) electrons. The Morgan fingerprint density at radius 2 is 1.46 bits per heavy atom. The molecule has 0 saturated carbocycles. The summed E-state index contributed by atoms with van der Waals surface area (Å²) in [4.78, 5) is 25.3. The normalized spacial score (nSPS) is 21.7. The zero-order valence-electron chi connectivity index (χ0n) is 15.6. The van der Waals surface area contributed by atoms with Crippen LogP contribution in [-0.4, -0.2) is 18.2 Å². The van der Waals surface area contributed by atoms with Gasteiger partial charge in [0.05, 0.1) is 9.75 Å². The SMILES string of the molecule is CC(=O)c1ccc(C(=O)NC[C@H]2CC3c4ccccc4C2c2ccccc23)s1. The molecule has 2 bridgehead atoms. The first kappa shape index (κ1) is 17.4. The van der Waals surface area contributed by atoms with Gasteiger partial charge in [0.2, 0.25) is 0 Å². The van der Waals surface area contributed by atoms with Crippen molar-refractivity contribution >= 4 is 23.0 Å². The van der Waals surface area contributed by atoms with Gasteiger partial charge in [-0.05, 0) is 53.6 Å². The summed E-state index contributed by atoms with van der Waals surface area (Å²) in [5.41, 5.74) is 5.70. The number of thiophene rings is 1. The van der Waals surface area contributed by atoms with Gasteiger partial charge in [0.15, 0.2) is 5.78 Å². The van der Waals surface area contributed by atoms with E-state index >= 15 is 0 Å². The minimum atomic E-state index is -0.0829. The molecule has 3 aromatic rings. The van der Waals surface area contributed by atoms with Crippen molar-refractivity contribution in [1.29, 1.82) is 0 Å². The summed E-state index contributed by atoms with van der Waals surface area (Å²) in [6, 6.07) is 21.0. The van der Waals surface area contributed by atoms with E-state index in [4.69, 9.17) is 0 Å². The monoisotopic (exact) mass is 387 g/mol. The summed E-state index contributed by atoms with van der Waals surface area (Å²) in [6.45, 7) is 2.18. The lowest BCUT2D eigenvalue weighted by Crippen LogP contribution is -2.39. The Morgan fingerprint density at radius 3 is 2.04 bits per heavy atom. The van der Waals surface area contributed by atoms with E-state index in [-0.39, 0.29) is 11.7 Å². The van der Waals surface area contributed by atoms with Gasteiger partial charge in [0.25, 0.3) is 5.91 Å². The number of carbonyl (C=O) groups is 2. The van der Waals surface area contributed by atoms with E-state index in [1.807, 2.05) is 0 Å². The van der Waals surface area contributed by atoms with Crippen molar-refractivity contribution in [1.82, 2.24) is 5.32 Å². The lowest BCUT2D eigenvalue weighted by molar-refractivity contribution is 0.0946. The molecule has 0 fully saturated rings. The van der Waals surface area contributed by atoms with Gasteiger partial charge in [-0.25, -0.2) is 0 Å². The number of benzene rings is 2. The molecule has 0 saturated heterocycles. The third-order valence-electron chi connectivity index (χ3n) is 6.12. The number of ketones is 1. The number of amides is 1. The molecular weight excluding hydrogens is 366 g/mol. The van der Waals surface area contributed by atoms with Crippen LogP contribution in [0.1, 0.15) is 66.8 Å². The molecule has 3 aliphatic carbocycles. The second-order valence-electron chi connectivity index (χ2n) is 7.71. The molecule has 0 spiro atoms. The van der Waals surface area contributed by atoms with E-state index in [0.29, 0.717) is 34.1 Å². The zero-order chi connectivity index (χ0) is 19.3. The topological polar surface area (TPSA) is 46.2 Å². The lowest BCUT2D eigenvalue weighted by Gasteiger charge is -2.45.